The summed E-state index contributed by atoms with van der Waals surface area (Å²) in [6.07, 6.45) is -1.53. The van der Waals surface area contributed by atoms with Gasteiger partial charge in [-0.15, -0.1) is 0 Å². The maximum absolute atomic E-state index is 14.5. The molecule has 0 aromatic heterocycles. The molecule has 134 heavy (non-hydrogen) atoms. The zero-order valence-corrected chi connectivity index (χ0v) is 75.5. The molecule has 13 heterocycles. The Morgan fingerprint density at radius 3 is 0.784 bits per heavy atom. The Balaban J connectivity index is 0.534. The predicted molar refractivity (Wildman–Crippen MR) is 460 cm³/mol. The van der Waals surface area contributed by atoms with Gasteiger partial charge in [0, 0.05) is 117 Å². The molecule has 50 heteroatoms. The second-order valence-corrected chi connectivity index (χ2v) is 37.7. The standard InChI is InChI=1S/C84H123N21O28S/c1-134-24-16-50(78(127)94-17-2-9-52(94)72(121)87-33-65(113)102-40-46(108)27-60(102)81(130)97-20-5-13-56(97)76(125)91-37-69(117)105-43-49(111)30-63(105)84(133)100-23-8-15-58(100)77(126)92-38-70(118)119)93-64(112)32-86-71(120)54-11-4-19-96(54)80(129)59-26-45(107)39-101(59)67(115)35-89-74(123)57-14-7-22-99(57)83(132)62-29-48(110)42-104(62)68(116)36-90-75(124)55-12-6-21-98(55)82(131)61-28-47(109)41-103(61)66(114)34-88-73(122)53-10-3-18-95(53)79(128)51-25-44(106)31-85-51/h44-63,85,106-111H,2-43H2,1H3,(H,86,120)(H,87,121)(H,88,122)(H,89,123)(H,90,124)(H,91,125)(H,92,126)(H,93,112)(H,118,119)/t44-,45-,46-,47-,48-,49-,50+,51+,52+,53+,54+,55+,56+,57+,58+,59+,60+,61+,62+,63+/m1/s1. The Labute approximate surface area is 774 Å². The van der Waals surface area contributed by atoms with Gasteiger partial charge in [0.1, 0.15) is 85.1 Å². The molecule has 13 fully saturated rings. The lowest BCUT2D eigenvalue weighted by Crippen LogP contribution is -2.57. The van der Waals surface area contributed by atoms with Crippen LogP contribution in [0, 0.1) is 0 Å². The van der Waals surface area contributed by atoms with Gasteiger partial charge in [0.05, 0.1) is 81.9 Å². The molecule has 13 aliphatic heterocycles. The van der Waals surface area contributed by atoms with Crippen LogP contribution in [0.4, 0.5) is 0 Å². The summed E-state index contributed by atoms with van der Waals surface area (Å²) in [6, 6.07) is -15.7. The van der Waals surface area contributed by atoms with Crippen LogP contribution >= 0.6 is 11.8 Å². The summed E-state index contributed by atoms with van der Waals surface area (Å²) in [4.78, 5) is 304. The monoisotopic (exact) mass is 1910 g/mol. The van der Waals surface area contributed by atoms with Crippen LogP contribution < -0.4 is 47.9 Å². The number of β-amino-alcohol motifs (C(OH)–C–C–N with tert-alkyl or cyclic N) is 6. The van der Waals surface area contributed by atoms with Gasteiger partial charge in [-0.25, -0.2) is 0 Å². The number of carbonyl (C=O) groups excluding carboxylic acids is 20. The summed E-state index contributed by atoms with van der Waals surface area (Å²) >= 11 is 1.36. The van der Waals surface area contributed by atoms with Gasteiger partial charge in [-0.1, -0.05) is 0 Å². The topological polar surface area (TPSA) is 647 Å². The SMILES string of the molecule is CSCC[C@H](NC(=O)CNC(=O)[C@@H]1CCCN1C(=O)[C@@H]1C[C@@H](O)CN1C(=O)CNC(=O)[C@@H]1CCCN1C(=O)[C@@H]1C[C@@H](O)CN1C(=O)CNC(=O)[C@@H]1CCCN1C(=O)[C@@H]1C[C@@H](O)CN1C(=O)CNC(=O)[C@@H]1CCCN1C(=O)[C@@H]1C[C@@H](O)CN1)C(=O)N1CCC[C@H]1C(=O)NCC(=O)N1C[C@H](O)C[C@H]1C(=O)N1CCC[C@H]1C(=O)NCC(=O)N1C[C@H](O)C[C@H]1C(=O)N1CCC[C@H]1C(=O)NCC(=O)O. The number of amides is 20. The third-order valence-electron chi connectivity index (χ3n) is 27.8. The quantitative estimate of drug-likeness (QED) is 0.0297. The van der Waals surface area contributed by atoms with Crippen LogP contribution in [0.2, 0.25) is 0 Å². The van der Waals surface area contributed by atoms with E-state index in [1.807, 2.05) is 0 Å². The van der Waals surface area contributed by atoms with E-state index in [0.717, 1.165) is 24.5 Å². The molecule has 738 valence electrons. The van der Waals surface area contributed by atoms with Gasteiger partial charge in [-0.2, -0.15) is 11.8 Å². The maximum Gasteiger partial charge on any atom is 0.322 e. The van der Waals surface area contributed by atoms with Crippen LogP contribution in [0.1, 0.15) is 135 Å². The second-order valence-electron chi connectivity index (χ2n) is 36.8. The third kappa shape index (κ3) is 23.0. The number of carbonyl (C=O) groups is 21. The average molecular weight is 1910 g/mol. The normalized spacial score (nSPS) is 29.7. The van der Waals surface area contributed by atoms with Crippen molar-refractivity contribution in [3.8, 4) is 0 Å². The van der Waals surface area contributed by atoms with Crippen LogP contribution in [0.5, 0.6) is 0 Å². The molecule has 13 saturated heterocycles. The molecule has 0 bridgehead atoms. The lowest BCUT2D eigenvalue weighted by Gasteiger charge is -2.32. The molecular formula is C84H123N21O28S. The van der Waals surface area contributed by atoms with Crippen LogP contribution in [-0.2, 0) is 101 Å². The van der Waals surface area contributed by atoms with Gasteiger partial charge in [-0.05, 0) is 115 Å². The molecule has 0 saturated carbocycles. The molecule has 0 aliphatic carbocycles. The molecule has 0 unspecified atom stereocenters. The molecule has 0 radical (unpaired) electrons. The van der Waals surface area contributed by atoms with Crippen molar-refractivity contribution in [3.05, 3.63) is 0 Å². The minimum absolute atomic E-state index is 0.0415. The lowest BCUT2D eigenvalue weighted by molar-refractivity contribution is -0.148. The molecule has 20 atom stereocenters. The number of likely N-dealkylation sites (tertiary alicyclic amines) is 12. The highest BCUT2D eigenvalue weighted by molar-refractivity contribution is 7.98. The first-order chi connectivity index (χ1) is 64.0. The van der Waals surface area contributed by atoms with Crippen molar-refractivity contribution in [2.75, 3.05) is 143 Å². The average Bonchev–Trinajstić information content (AvgIpc) is 1.68. The summed E-state index contributed by atoms with van der Waals surface area (Å²) in [5.41, 5.74) is 0. The van der Waals surface area contributed by atoms with Crippen molar-refractivity contribution >= 4 is 136 Å². The van der Waals surface area contributed by atoms with Gasteiger partial charge >= 0.3 is 5.97 Å². The molecule has 0 aromatic carbocycles. The first-order valence-corrected chi connectivity index (χ1v) is 47.8. The van der Waals surface area contributed by atoms with E-state index in [4.69, 9.17) is 5.11 Å². The summed E-state index contributed by atoms with van der Waals surface area (Å²) in [5.74, 6) is -14.9. The molecule has 13 aliphatic rings. The second kappa shape index (κ2) is 44.6. The molecule has 13 rings (SSSR count). The van der Waals surface area contributed by atoms with E-state index in [9.17, 15) is 131 Å². The maximum atomic E-state index is 14.5. The minimum atomic E-state index is -1.31. The summed E-state index contributed by atoms with van der Waals surface area (Å²) in [7, 11) is 0. The van der Waals surface area contributed by atoms with E-state index in [-0.39, 0.29) is 168 Å². The van der Waals surface area contributed by atoms with Crippen molar-refractivity contribution < 1.29 is 136 Å². The van der Waals surface area contributed by atoms with E-state index in [1.54, 1.807) is 6.26 Å². The minimum Gasteiger partial charge on any atom is -0.480 e. The van der Waals surface area contributed by atoms with Gasteiger partial charge in [0.15, 0.2) is 0 Å². The van der Waals surface area contributed by atoms with E-state index >= 15 is 0 Å². The van der Waals surface area contributed by atoms with Gasteiger partial charge in [0.25, 0.3) is 0 Å². The van der Waals surface area contributed by atoms with E-state index < -0.39 is 285 Å². The number of aliphatic hydroxyl groups is 6. The number of nitrogens with one attached hydrogen (secondary N) is 9. The molecule has 20 amide bonds. The number of carboxylic acids is 1. The van der Waals surface area contributed by atoms with Crippen molar-refractivity contribution in [1.29, 1.82) is 0 Å². The van der Waals surface area contributed by atoms with Crippen LogP contribution in [0.3, 0.4) is 0 Å². The molecule has 0 aromatic rings. The first kappa shape index (κ1) is 100. The highest BCUT2D eigenvalue weighted by Gasteiger charge is 2.53. The molecule has 16 N–H and O–H groups in total. The highest BCUT2D eigenvalue weighted by Crippen LogP contribution is 2.34. The van der Waals surface area contributed by atoms with Gasteiger partial charge in [0.2, 0.25) is 118 Å². The smallest absolute Gasteiger partial charge is 0.322 e. The molecular weight excluding hydrogens is 1780 g/mol. The first-order valence-electron chi connectivity index (χ1n) is 46.4. The highest BCUT2D eigenvalue weighted by atomic mass is 32.2. The van der Waals surface area contributed by atoms with Gasteiger partial charge < -0.3 is 142 Å². The van der Waals surface area contributed by atoms with Crippen LogP contribution in [-0.4, -0.2) is 483 Å². The Kier molecular flexibility index (Phi) is 33.4. The van der Waals surface area contributed by atoms with Crippen molar-refractivity contribution in [1.82, 2.24) is 107 Å². The fourth-order valence-electron chi connectivity index (χ4n) is 21.2. The Bertz CT molecular complexity index is 4540. The Morgan fingerprint density at radius 2 is 0.537 bits per heavy atom. The van der Waals surface area contributed by atoms with Crippen molar-refractivity contribution in [2.24, 2.45) is 0 Å². The number of aliphatic carboxylic acids is 1. The van der Waals surface area contributed by atoms with Crippen molar-refractivity contribution in [2.45, 2.75) is 256 Å². The van der Waals surface area contributed by atoms with E-state index in [0.29, 0.717) is 63.7 Å². The van der Waals surface area contributed by atoms with E-state index in [1.165, 1.54) is 46.1 Å². The number of thioether (sulfide) groups is 1. The number of nitrogens with zero attached hydrogens (tertiary/aromatic N) is 12. The number of hydrogen-bond donors (Lipinski definition) is 16. The largest absolute Gasteiger partial charge is 0.480 e. The predicted octanol–water partition coefficient (Wildman–Crippen LogP) is -12.4. The van der Waals surface area contributed by atoms with Gasteiger partial charge in [-0.3, -0.25) is 101 Å². The number of rotatable bonds is 32. The van der Waals surface area contributed by atoms with Crippen LogP contribution in [0.15, 0.2) is 0 Å². The fraction of sp³-hybridized carbons (Fsp3) is 0.750. The number of hydrogen-bond acceptors (Lipinski definition) is 29. The zero-order chi connectivity index (χ0) is 96.4. The Morgan fingerprint density at radius 1 is 0.299 bits per heavy atom. The summed E-state index contributed by atoms with van der Waals surface area (Å²) < 4.78 is 0. The molecule has 49 nitrogen and oxygen atoms in total. The number of carboxylic acid groups (broad SMARTS) is 1. The van der Waals surface area contributed by atoms with E-state index in [2.05, 4.69) is 47.9 Å². The summed E-state index contributed by atoms with van der Waals surface area (Å²) in [5, 5.41) is 96.2. The fourth-order valence-corrected chi connectivity index (χ4v) is 21.7. The summed E-state index contributed by atoms with van der Waals surface area (Å²) in [6.45, 7) is -5.08. The Hall–Kier alpha value is -11.1. The molecule has 0 spiro atoms. The van der Waals surface area contributed by atoms with Crippen molar-refractivity contribution in [3.63, 3.8) is 0 Å². The van der Waals surface area contributed by atoms with Crippen LogP contribution in [0.25, 0.3) is 0 Å². The third-order valence-corrected chi connectivity index (χ3v) is 28.5. The lowest BCUT2D eigenvalue weighted by atomic mass is 10.1. The zero-order valence-electron chi connectivity index (χ0n) is 74.7. The number of aliphatic hydroxyl groups excluding tert-OH is 6.